The number of hydrogen-bond acceptors (Lipinski definition) is 0. The monoisotopic (exact) mass is 108 g/mol. The molecule has 0 N–H and O–H groups in total. The van der Waals surface area contributed by atoms with Crippen molar-refractivity contribution < 1.29 is 8.78 Å². The highest BCUT2D eigenvalue weighted by Crippen LogP contribution is 1.89. The number of nitrogens with zero attached hydrogens (tertiary/aromatic N) is 1. The van der Waals surface area contributed by atoms with Gasteiger partial charge in [-0.1, -0.05) is 0 Å². The SMILES string of the molecule is CC(F)[N]C(C)F. The van der Waals surface area contributed by atoms with E-state index in [0.29, 0.717) is 0 Å². The van der Waals surface area contributed by atoms with E-state index in [1.165, 1.54) is 13.8 Å². The fraction of sp³-hybridized carbons (Fsp3) is 1.00. The molecule has 0 spiro atoms. The zero-order valence-corrected chi connectivity index (χ0v) is 4.36. The molecule has 0 aromatic carbocycles. The Bertz CT molecular complexity index is 39.0. The lowest BCUT2D eigenvalue weighted by Crippen LogP contribution is -2.19. The Kier molecular flexibility index (Phi) is 2.83. The van der Waals surface area contributed by atoms with Crippen LogP contribution in [0.1, 0.15) is 13.8 Å². The Labute approximate surface area is 41.7 Å². The minimum absolute atomic E-state index is 1.19. The first kappa shape index (κ1) is 6.82. The number of halogens is 2. The zero-order chi connectivity index (χ0) is 5.86. The van der Waals surface area contributed by atoms with E-state index in [9.17, 15) is 8.78 Å². The molecular formula is C4H8F2N. The first-order valence-electron chi connectivity index (χ1n) is 2.11. The van der Waals surface area contributed by atoms with Crippen LogP contribution in [0, 0.1) is 0 Å². The Morgan fingerprint density at radius 1 is 1.14 bits per heavy atom. The van der Waals surface area contributed by atoms with Crippen molar-refractivity contribution in [1.82, 2.24) is 5.32 Å². The van der Waals surface area contributed by atoms with Crippen molar-refractivity contribution in [3.8, 4) is 0 Å². The van der Waals surface area contributed by atoms with E-state index in [4.69, 9.17) is 0 Å². The highest BCUT2D eigenvalue weighted by atomic mass is 19.2. The Morgan fingerprint density at radius 2 is 1.43 bits per heavy atom. The van der Waals surface area contributed by atoms with E-state index in [-0.39, 0.29) is 0 Å². The van der Waals surface area contributed by atoms with Crippen molar-refractivity contribution >= 4 is 0 Å². The smallest absolute Gasteiger partial charge is 0.166 e. The molecule has 0 saturated heterocycles. The summed E-state index contributed by atoms with van der Waals surface area (Å²) in [4.78, 5) is 0. The standard InChI is InChI=1S/C4H8F2N/c1-3(5)7-4(2)6/h3-4H,1-2H3. The van der Waals surface area contributed by atoms with E-state index in [2.05, 4.69) is 5.32 Å². The number of alkyl halides is 2. The van der Waals surface area contributed by atoms with Gasteiger partial charge < -0.3 is 0 Å². The van der Waals surface area contributed by atoms with Gasteiger partial charge >= 0.3 is 0 Å². The number of rotatable bonds is 2. The second-order valence-corrected chi connectivity index (χ2v) is 1.30. The third-order valence-corrected chi connectivity index (χ3v) is 0.411. The average molecular weight is 108 g/mol. The lowest BCUT2D eigenvalue weighted by atomic mass is 10.6. The molecule has 0 aliphatic heterocycles. The van der Waals surface area contributed by atoms with Gasteiger partial charge in [0.15, 0.2) is 12.6 Å². The van der Waals surface area contributed by atoms with Crippen LogP contribution in [0.25, 0.3) is 0 Å². The van der Waals surface area contributed by atoms with Crippen molar-refractivity contribution in [2.24, 2.45) is 0 Å². The summed E-state index contributed by atoms with van der Waals surface area (Å²) in [5, 5.41) is 2.94. The van der Waals surface area contributed by atoms with Crippen LogP contribution in [0.2, 0.25) is 0 Å². The maximum atomic E-state index is 11.5. The molecule has 0 fully saturated rings. The lowest BCUT2D eigenvalue weighted by Gasteiger charge is -2.00. The van der Waals surface area contributed by atoms with Gasteiger partial charge in [0.2, 0.25) is 0 Å². The maximum absolute atomic E-state index is 11.5. The van der Waals surface area contributed by atoms with Gasteiger partial charge in [-0.15, -0.1) is 0 Å². The van der Waals surface area contributed by atoms with Crippen LogP contribution in [-0.2, 0) is 0 Å². The van der Waals surface area contributed by atoms with Gasteiger partial charge in [0.25, 0.3) is 0 Å². The Hall–Kier alpha value is -0.180. The largest absolute Gasteiger partial charge is 0.229 e. The predicted octanol–water partition coefficient (Wildman–Crippen LogP) is 1.22. The molecule has 1 nitrogen and oxygen atoms in total. The third kappa shape index (κ3) is 5.82. The average Bonchev–Trinajstić information content (AvgIpc) is 1.27. The molecule has 0 aliphatic carbocycles. The summed E-state index contributed by atoms with van der Waals surface area (Å²) in [6.45, 7) is 2.38. The van der Waals surface area contributed by atoms with Gasteiger partial charge in [0, 0.05) is 0 Å². The fourth-order valence-electron chi connectivity index (χ4n) is 0.283. The molecule has 2 unspecified atom stereocenters. The van der Waals surface area contributed by atoms with E-state index in [1.54, 1.807) is 0 Å². The van der Waals surface area contributed by atoms with Crippen LogP contribution in [0.3, 0.4) is 0 Å². The zero-order valence-electron chi connectivity index (χ0n) is 4.36. The molecule has 2 atom stereocenters. The highest BCUT2D eigenvalue weighted by molar-refractivity contribution is 4.43. The summed E-state index contributed by atoms with van der Waals surface area (Å²) in [6.07, 6.45) is -2.75. The van der Waals surface area contributed by atoms with Gasteiger partial charge in [-0.3, -0.25) is 0 Å². The topological polar surface area (TPSA) is 14.1 Å². The predicted molar refractivity (Wildman–Crippen MR) is 23.3 cm³/mol. The van der Waals surface area contributed by atoms with E-state index in [1.807, 2.05) is 0 Å². The van der Waals surface area contributed by atoms with Crippen LogP contribution in [0.4, 0.5) is 8.78 Å². The van der Waals surface area contributed by atoms with Gasteiger partial charge in [0.05, 0.1) is 0 Å². The normalized spacial score (nSPS) is 18.9. The molecule has 0 bridgehead atoms. The minimum atomic E-state index is -1.38. The maximum Gasteiger partial charge on any atom is 0.166 e. The van der Waals surface area contributed by atoms with Gasteiger partial charge in [0.1, 0.15) is 0 Å². The van der Waals surface area contributed by atoms with Crippen LogP contribution < -0.4 is 5.32 Å². The molecule has 0 aromatic rings. The molecule has 0 aliphatic rings. The van der Waals surface area contributed by atoms with Gasteiger partial charge in [-0.2, -0.15) is 5.32 Å². The Balaban J connectivity index is 2.95. The van der Waals surface area contributed by atoms with Crippen LogP contribution in [0.5, 0.6) is 0 Å². The second-order valence-electron chi connectivity index (χ2n) is 1.30. The summed E-state index contributed by atoms with van der Waals surface area (Å²) >= 11 is 0. The summed E-state index contributed by atoms with van der Waals surface area (Å²) in [6, 6.07) is 0. The molecule has 7 heavy (non-hydrogen) atoms. The molecule has 0 rings (SSSR count). The molecule has 1 radical (unpaired) electrons. The summed E-state index contributed by atoms with van der Waals surface area (Å²) < 4.78 is 23.1. The van der Waals surface area contributed by atoms with Crippen LogP contribution in [-0.4, -0.2) is 12.6 Å². The van der Waals surface area contributed by atoms with Crippen molar-refractivity contribution in [3.05, 3.63) is 0 Å². The van der Waals surface area contributed by atoms with Crippen LogP contribution >= 0.6 is 0 Å². The van der Waals surface area contributed by atoms with Gasteiger partial charge in [-0.25, -0.2) is 8.78 Å². The molecule has 0 amide bonds. The summed E-state index contributed by atoms with van der Waals surface area (Å²) in [7, 11) is 0. The third-order valence-electron chi connectivity index (χ3n) is 0.411. The van der Waals surface area contributed by atoms with Crippen LogP contribution in [0.15, 0.2) is 0 Å². The molecule has 0 heterocycles. The Morgan fingerprint density at radius 3 is 1.43 bits per heavy atom. The van der Waals surface area contributed by atoms with E-state index < -0.39 is 12.6 Å². The summed E-state index contributed by atoms with van der Waals surface area (Å²) in [5.41, 5.74) is 0. The first-order chi connectivity index (χ1) is 3.13. The molecule has 3 heteroatoms. The van der Waals surface area contributed by atoms with Crippen molar-refractivity contribution in [2.75, 3.05) is 0 Å². The van der Waals surface area contributed by atoms with Crippen molar-refractivity contribution in [3.63, 3.8) is 0 Å². The number of hydrogen-bond donors (Lipinski definition) is 0. The van der Waals surface area contributed by atoms with E-state index >= 15 is 0 Å². The molecule has 0 aromatic heterocycles. The van der Waals surface area contributed by atoms with E-state index in [0.717, 1.165) is 0 Å². The second kappa shape index (κ2) is 2.91. The molecular weight excluding hydrogens is 100 g/mol. The van der Waals surface area contributed by atoms with Crippen molar-refractivity contribution in [2.45, 2.75) is 26.4 Å². The quantitative estimate of drug-likeness (QED) is 0.472. The lowest BCUT2D eigenvalue weighted by molar-refractivity contribution is 0.188. The first-order valence-corrected chi connectivity index (χ1v) is 2.11. The highest BCUT2D eigenvalue weighted by Gasteiger charge is 2.02. The molecule has 0 saturated carbocycles. The molecule has 43 valence electrons. The minimum Gasteiger partial charge on any atom is -0.229 e. The summed E-state index contributed by atoms with van der Waals surface area (Å²) in [5.74, 6) is 0. The fourth-order valence-corrected chi connectivity index (χ4v) is 0.283. The van der Waals surface area contributed by atoms with Crippen molar-refractivity contribution in [1.29, 1.82) is 0 Å². The van der Waals surface area contributed by atoms with Gasteiger partial charge in [-0.05, 0) is 13.8 Å².